The molecule has 0 aromatic heterocycles. The quantitative estimate of drug-likeness (QED) is 0.794. The van der Waals surface area contributed by atoms with Crippen LogP contribution in [0.25, 0.3) is 0 Å². The maximum absolute atomic E-state index is 11.0. The minimum Gasteiger partial charge on any atom is -0.388 e. The molecule has 0 aromatic carbocycles. The van der Waals surface area contributed by atoms with Gasteiger partial charge in [0.05, 0.1) is 17.1 Å². The van der Waals surface area contributed by atoms with Crippen molar-refractivity contribution in [2.24, 2.45) is 17.3 Å². The summed E-state index contributed by atoms with van der Waals surface area (Å²) in [5.74, 6) is 0.929. The highest BCUT2D eigenvalue weighted by Gasteiger charge is 2.56. The molecule has 0 aromatic rings. The minimum atomic E-state index is -0.713. The number of nitrogens with zero attached hydrogens (tertiary/aromatic N) is 1. The topological polar surface area (TPSA) is 44.0 Å². The standard InChI is InChI=1S/C15H25NO/c1-3-13-7-5-8-14(10-13,11-16)15(17)9-4-6-12(15)2/h12-13,17H,3-10H2,1-2H3. The summed E-state index contributed by atoms with van der Waals surface area (Å²) in [5.41, 5.74) is -1.17. The van der Waals surface area contributed by atoms with Gasteiger partial charge in [-0.2, -0.15) is 5.26 Å². The van der Waals surface area contributed by atoms with Crippen molar-refractivity contribution in [2.75, 3.05) is 0 Å². The van der Waals surface area contributed by atoms with Gasteiger partial charge in [0.1, 0.15) is 0 Å². The summed E-state index contributed by atoms with van der Waals surface area (Å²) in [6.07, 6.45) is 8.31. The first-order valence-corrected chi connectivity index (χ1v) is 7.21. The van der Waals surface area contributed by atoms with E-state index in [0.29, 0.717) is 5.92 Å². The van der Waals surface area contributed by atoms with Crippen LogP contribution in [0.3, 0.4) is 0 Å². The summed E-state index contributed by atoms with van der Waals surface area (Å²) in [6.45, 7) is 4.34. The smallest absolute Gasteiger partial charge is 0.0865 e. The van der Waals surface area contributed by atoms with E-state index in [1.165, 1.54) is 6.42 Å². The molecule has 0 radical (unpaired) electrons. The summed E-state index contributed by atoms with van der Waals surface area (Å²) in [4.78, 5) is 0. The van der Waals surface area contributed by atoms with E-state index < -0.39 is 11.0 Å². The first-order valence-electron chi connectivity index (χ1n) is 7.21. The van der Waals surface area contributed by atoms with E-state index in [1.54, 1.807) is 0 Å². The summed E-state index contributed by atoms with van der Waals surface area (Å²) >= 11 is 0. The second-order valence-corrected chi connectivity index (χ2v) is 6.28. The largest absolute Gasteiger partial charge is 0.388 e. The summed E-state index contributed by atoms with van der Waals surface area (Å²) in [6, 6.07) is 2.54. The normalized spacial score (nSPS) is 46.7. The van der Waals surface area contributed by atoms with Gasteiger partial charge in [0.2, 0.25) is 0 Å². The van der Waals surface area contributed by atoms with Crippen molar-refractivity contribution in [1.29, 1.82) is 5.26 Å². The van der Waals surface area contributed by atoms with Crippen LogP contribution in [0.4, 0.5) is 0 Å². The van der Waals surface area contributed by atoms with Gasteiger partial charge in [-0.05, 0) is 37.5 Å². The maximum atomic E-state index is 11.0. The van der Waals surface area contributed by atoms with E-state index in [2.05, 4.69) is 19.9 Å². The molecule has 2 fully saturated rings. The summed E-state index contributed by atoms with van der Waals surface area (Å²) in [5, 5.41) is 20.7. The van der Waals surface area contributed by atoms with Crippen molar-refractivity contribution in [1.82, 2.24) is 0 Å². The van der Waals surface area contributed by atoms with E-state index in [1.807, 2.05) is 0 Å². The molecule has 0 aliphatic heterocycles. The van der Waals surface area contributed by atoms with Crippen LogP contribution in [-0.2, 0) is 0 Å². The van der Waals surface area contributed by atoms with Gasteiger partial charge in [0.15, 0.2) is 0 Å². The molecule has 0 heterocycles. The van der Waals surface area contributed by atoms with E-state index in [4.69, 9.17) is 0 Å². The molecule has 96 valence electrons. The van der Waals surface area contributed by atoms with E-state index in [9.17, 15) is 10.4 Å². The van der Waals surface area contributed by atoms with Gasteiger partial charge in [-0.1, -0.05) is 39.5 Å². The van der Waals surface area contributed by atoms with E-state index in [0.717, 1.165) is 44.9 Å². The first-order chi connectivity index (χ1) is 8.08. The molecule has 0 saturated heterocycles. The highest BCUT2D eigenvalue weighted by molar-refractivity contribution is 5.16. The predicted molar refractivity (Wildman–Crippen MR) is 68.3 cm³/mol. The summed E-state index contributed by atoms with van der Waals surface area (Å²) < 4.78 is 0. The molecular weight excluding hydrogens is 210 g/mol. The fourth-order valence-electron chi connectivity index (χ4n) is 4.20. The number of nitriles is 1. The van der Waals surface area contributed by atoms with E-state index >= 15 is 0 Å². The molecule has 2 aliphatic rings. The number of hydrogen-bond donors (Lipinski definition) is 1. The SMILES string of the molecule is CCC1CCCC(C#N)(C2(O)CCCC2C)C1. The Labute approximate surface area is 105 Å². The van der Waals surface area contributed by atoms with Crippen LogP contribution >= 0.6 is 0 Å². The van der Waals surface area contributed by atoms with Gasteiger partial charge in [-0.15, -0.1) is 0 Å². The molecule has 4 atom stereocenters. The van der Waals surface area contributed by atoms with Crippen LogP contribution in [0.1, 0.15) is 65.2 Å². The van der Waals surface area contributed by atoms with Crippen LogP contribution in [0.2, 0.25) is 0 Å². The Bertz CT molecular complexity index is 321. The van der Waals surface area contributed by atoms with Gasteiger partial charge in [0, 0.05) is 0 Å². The van der Waals surface area contributed by atoms with E-state index in [-0.39, 0.29) is 5.92 Å². The van der Waals surface area contributed by atoms with Crippen LogP contribution < -0.4 is 0 Å². The Morgan fingerprint density at radius 3 is 2.53 bits per heavy atom. The average Bonchev–Trinajstić information content (AvgIpc) is 2.71. The minimum absolute atomic E-state index is 0.290. The number of hydrogen-bond acceptors (Lipinski definition) is 2. The molecule has 2 aliphatic carbocycles. The van der Waals surface area contributed by atoms with Crippen molar-refractivity contribution in [3.05, 3.63) is 0 Å². The zero-order chi connectivity index (χ0) is 12.5. The molecule has 17 heavy (non-hydrogen) atoms. The Kier molecular flexibility index (Phi) is 3.50. The molecule has 4 unspecified atom stereocenters. The predicted octanol–water partition coefficient (Wildman–Crippen LogP) is 3.65. The first kappa shape index (κ1) is 12.9. The molecule has 2 heteroatoms. The average molecular weight is 235 g/mol. The third-order valence-electron chi connectivity index (χ3n) is 5.48. The lowest BCUT2D eigenvalue weighted by Crippen LogP contribution is -2.51. The third kappa shape index (κ3) is 1.89. The molecule has 0 spiro atoms. The highest BCUT2D eigenvalue weighted by Crippen LogP contribution is 2.55. The van der Waals surface area contributed by atoms with Crippen molar-refractivity contribution in [3.63, 3.8) is 0 Å². The molecule has 2 nitrogen and oxygen atoms in total. The molecule has 1 N–H and O–H groups in total. The van der Waals surface area contributed by atoms with Crippen molar-refractivity contribution >= 4 is 0 Å². The fourth-order valence-corrected chi connectivity index (χ4v) is 4.20. The van der Waals surface area contributed by atoms with Gasteiger partial charge >= 0.3 is 0 Å². The van der Waals surface area contributed by atoms with Gasteiger partial charge < -0.3 is 5.11 Å². The summed E-state index contributed by atoms with van der Waals surface area (Å²) in [7, 11) is 0. The second kappa shape index (κ2) is 4.61. The third-order valence-corrected chi connectivity index (χ3v) is 5.48. The van der Waals surface area contributed by atoms with Gasteiger partial charge in [0.25, 0.3) is 0 Å². The lowest BCUT2D eigenvalue weighted by atomic mass is 9.58. The molecule has 2 rings (SSSR count). The Morgan fingerprint density at radius 2 is 2.00 bits per heavy atom. The molecule has 2 saturated carbocycles. The van der Waals surface area contributed by atoms with Gasteiger partial charge in [-0.3, -0.25) is 0 Å². The lowest BCUT2D eigenvalue weighted by molar-refractivity contribution is -0.104. The zero-order valence-electron chi connectivity index (χ0n) is 11.2. The Morgan fingerprint density at radius 1 is 1.29 bits per heavy atom. The molecule has 0 amide bonds. The zero-order valence-corrected chi connectivity index (χ0v) is 11.2. The van der Waals surface area contributed by atoms with Crippen molar-refractivity contribution in [2.45, 2.75) is 70.8 Å². The molecule has 0 bridgehead atoms. The van der Waals surface area contributed by atoms with Crippen LogP contribution in [-0.4, -0.2) is 10.7 Å². The van der Waals surface area contributed by atoms with Gasteiger partial charge in [-0.25, -0.2) is 0 Å². The van der Waals surface area contributed by atoms with Crippen LogP contribution in [0, 0.1) is 28.6 Å². The highest BCUT2D eigenvalue weighted by atomic mass is 16.3. The second-order valence-electron chi connectivity index (χ2n) is 6.28. The van der Waals surface area contributed by atoms with Crippen LogP contribution in [0.15, 0.2) is 0 Å². The lowest BCUT2D eigenvalue weighted by Gasteiger charge is -2.47. The number of rotatable bonds is 2. The van der Waals surface area contributed by atoms with Crippen molar-refractivity contribution < 1.29 is 5.11 Å². The Balaban J connectivity index is 2.28. The number of aliphatic hydroxyl groups is 1. The van der Waals surface area contributed by atoms with Crippen LogP contribution in [0.5, 0.6) is 0 Å². The Hall–Kier alpha value is -0.550. The monoisotopic (exact) mass is 235 g/mol. The maximum Gasteiger partial charge on any atom is 0.0865 e. The molecular formula is C15H25NO. The fraction of sp³-hybridized carbons (Fsp3) is 0.933. The van der Waals surface area contributed by atoms with Crippen molar-refractivity contribution in [3.8, 4) is 6.07 Å².